The van der Waals surface area contributed by atoms with Crippen LogP contribution in [0, 0.1) is 0 Å². The monoisotopic (exact) mass is 274 g/mol. The molecule has 106 valence electrons. The van der Waals surface area contributed by atoms with Gasteiger partial charge in [-0.15, -0.1) is 0 Å². The molecule has 0 spiro atoms. The lowest BCUT2D eigenvalue weighted by Gasteiger charge is -2.30. The van der Waals surface area contributed by atoms with Gasteiger partial charge in [0.25, 0.3) is 0 Å². The molecule has 1 amide bonds. The molecule has 0 aromatic heterocycles. The second-order valence-corrected chi connectivity index (χ2v) is 5.66. The first-order chi connectivity index (χ1) is 9.53. The molecule has 0 unspecified atom stereocenters. The minimum absolute atomic E-state index is 0.0999. The zero-order chi connectivity index (χ0) is 14.3. The Labute approximate surface area is 117 Å². The Morgan fingerprint density at radius 2 is 2.05 bits per heavy atom. The highest BCUT2D eigenvalue weighted by atomic mass is 16.4. The Balaban J connectivity index is 1.97. The molecule has 1 heterocycles. The van der Waals surface area contributed by atoms with E-state index in [1.54, 1.807) is 12.1 Å². The second kappa shape index (κ2) is 4.51. The van der Waals surface area contributed by atoms with Crippen molar-refractivity contribution < 1.29 is 14.7 Å². The van der Waals surface area contributed by atoms with Gasteiger partial charge >= 0.3 is 5.97 Å². The molecule has 0 radical (unpaired) electrons. The van der Waals surface area contributed by atoms with E-state index in [-0.39, 0.29) is 17.7 Å². The first-order valence-electron chi connectivity index (χ1n) is 6.89. The van der Waals surface area contributed by atoms with Crippen LogP contribution in [-0.2, 0) is 15.0 Å². The van der Waals surface area contributed by atoms with Gasteiger partial charge in [-0.05, 0) is 24.5 Å². The summed E-state index contributed by atoms with van der Waals surface area (Å²) in [6, 6.07) is 7.86. The van der Waals surface area contributed by atoms with Crippen molar-refractivity contribution in [3.63, 3.8) is 0 Å². The quantitative estimate of drug-likeness (QED) is 0.909. The van der Waals surface area contributed by atoms with Gasteiger partial charge in [-0.3, -0.25) is 19.6 Å². The topological polar surface area (TPSA) is 60.9 Å². The van der Waals surface area contributed by atoms with Gasteiger partial charge in [0, 0.05) is 25.4 Å². The molecule has 5 nitrogen and oxygen atoms in total. The second-order valence-electron chi connectivity index (χ2n) is 5.66. The predicted octanol–water partition coefficient (Wildman–Crippen LogP) is 1.78. The van der Waals surface area contributed by atoms with Gasteiger partial charge in [0.15, 0.2) is 0 Å². The Kier molecular flexibility index (Phi) is 2.92. The predicted molar refractivity (Wildman–Crippen MR) is 74.3 cm³/mol. The van der Waals surface area contributed by atoms with Gasteiger partial charge in [-0.1, -0.05) is 18.2 Å². The smallest absolute Gasteiger partial charge is 0.304 e. The third-order valence-electron chi connectivity index (χ3n) is 4.36. The third-order valence-corrected chi connectivity index (χ3v) is 4.36. The maximum absolute atomic E-state index is 11.7. The molecule has 20 heavy (non-hydrogen) atoms. The summed E-state index contributed by atoms with van der Waals surface area (Å²) in [7, 11) is 1.77. The standard InChI is InChI=1S/C15H18N2O3/c1-16-13(18)6-9-17(16)12-5-3-2-4-11(12)15(7-8-15)10-14(19)20/h2-5H,6-10H2,1H3,(H,19,20). The number of rotatable bonds is 4. The number of para-hydroxylation sites is 1. The molecule has 3 rings (SSSR count). The summed E-state index contributed by atoms with van der Waals surface area (Å²) in [5, 5.41) is 12.7. The third kappa shape index (κ3) is 2.03. The van der Waals surface area contributed by atoms with Crippen molar-refractivity contribution in [3.05, 3.63) is 29.8 Å². The number of carbonyl (C=O) groups is 2. The van der Waals surface area contributed by atoms with E-state index in [4.69, 9.17) is 5.11 Å². The molecule has 1 saturated heterocycles. The van der Waals surface area contributed by atoms with Crippen LogP contribution in [0.2, 0.25) is 0 Å². The highest BCUT2D eigenvalue weighted by molar-refractivity contribution is 5.82. The molecule has 1 N–H and O–H groups in total. The lowest BCUT2D eigenvalue weighted by Crippen LogP contribution is -2.36. The average molecular weight is 274 g/mol. The van der Waals surface area contributed by atoms with Crippen LogP contribution in [0.3, 0.4) is 0 Å². The number of carboxylic acids is 1. The van der Waals surface area contributed by atoms with E-state index in [0.717, 1.165) is 24.1 Å². The van der Waals surface area contributed by atoms with Crippen LogP contribution in [0.15, 0.2) is 24.3 Å². The van der Waals surface area contributed by atoms with E-state index in [1.807, 2.05) is 29.3 Å². The Morgan fingerprint density at radius 3 is 2.60 bits per heavy atom. The first-order valence-corrected chi connectivity index (χ1v) is 6.89. The Bertz CT molecular complexity index is 566. The van der Waals surface area contributed by atoms with Crippen molar-refractivity contribution in [3.8, 4) is 0 Å². The summed E-state index contributed by atoms with van der Waals surface area (Å²) in [6.07, 6.45) is 2.48. The minimum Gasteiger partial charge on any atom is -0.481 e. The number of aliphatic carboxylic acids is 1. The zero-order valence-corrected chi connectivity index (χ0v) is 11.5. The molecule has 1 saturated carbocycles. The molecule has 5 heteroatoms. The fourth-order valence-corrected chi connectivity index (χ4v) is 3.06. The van der Waals surface area contributed by atoms with E-state index < -0.39 is 5.97 Å². The van der Waals surface area contributed by atoms with E-state index in [0.29, 0.717) is 13.0 Å². The molecule has 1 aliphatic carbocycles. The number of benzene rings is 1. The van der Waals surface area contributed by atoms with Gasteiger partial charge in [0.2, 0.25) is 5.91 Å². The molecule has 2 aliphatic rings. The number of nitrogens with zero attached hydrogens (tertiary/aromatic N) is 2. The minimum atomic E-state index is -0.761. The molecule has 1 aromatic carbocycles. The van der Waals surface area contributed by atoms with Crippen molar-refractivity contribution >= 4 is 17.6 Å². The lowest BCUT2D eigenvalue weighted by molar-refractivity contribution is -0.137. The normalized spacial score (nSPS) is 20.4. The van der Waals surface area contributed by atoms with Crippen LogP contribution in [-0.4, -0.2) is 35.6 Å². The van der Waals surface area contributed by atoms with Crippen LogP contribution in [0.4, 0.5) is 5.69 Å². The maximum atomic E-state index is 11.7. The van der Waals surface area contributed by atoms with Crippen LogP contribution in [0.5, 0.6) is 0 Å². The van der Waals surface area contributed by atoms with Crippen LogP contribution in [0.25, 0.3) is 0 Å². The van der Waals surface area contributed by atoms with Gasteiger partial charge in [0.1, 0.15) is 0 Å². The van der Waals surface area contributed by atoms with Crippen molar-refractivity contribution in [2.45, 2.75) is 31.1 Å². The molecule has 2 fully saturated rings. The van der Waals surface area contributed by atoms with Crippen LogP contribution >= 0.6 is 0 Å². The molecular formula is C15H18N2O3. The highest BCUT2D eigenvalue weighted by Gasteiger charge is 2.48. The molecule has 1 aromatic rings. The number of carboxylic acid groups (broad SMARTS) is 1. The number of hydrazine groups is 1. The lowest BCUT2D eigenvalue weighted by atomic mass is 9.90. The number of hydrogen-bond acceptors (Lipinski definition) is 3. The molecule has 0 bridgehead atoms. The summed E-state index contributed by atoms with van der Waals surface area (Å²) >= 11 is 0. The van der Waals surface area contributed by atoms with Gasteiger partial charge in [-0.25, -0.2) is 0 Å². The highest BCUT2D eigenvalue weighted by Crippen LogP contribution is 2.54. The summed E-state index contributed by atoms with van der Waals surface area (Å²) in [6.45, 7) is 0.662. The fraction of sp³-hybridized carbons (Fsp3) is 0.467. The number of anilines is 1. The molecular weight excluding hydrogens is 256 g/mol. The Morgan fingerprint density at radius 1 is 1.35 bits per heavy atom. The van der Waals surface area contributed by atoms with Crippen molar-refractivity contribution in [2.24, 2.45) is 0 Å². The maximum Gasteiger partial charge on any atom is 0.304 e. The number of carbonyl (C=O) groups excluding carboxylic acids is 1. The fourth-order valence-electron chi connectivity index (χ4n) is 3.06. The number of amides is 1. The first kappa shape index (κ1) is 13.0. The van der Waals surface area contributed by atoms with Crippen molar-refractivity contribution in [1.29, 1.82) is 0 Å². The summed E-state index contributed by atoms with van der Waals surface area (Å²) in [4.78, 5) is 22.8. The SMILES string of the molecule is CN1C(=O)CCN1c1ccccc1C1(CC(=O)O)CC1. The van der Waals surface area contributed by atoms with E-state index in [9.17, 15) is 9.59 Å². The van der Waals surface area contributed by atoms with Gasteiger partial charge in [0.05, 0.1) is 12.1 Å². The Hall–Kier alpha value is -2.04. The van der Waals surface area contributed by atoms with Gasteiger partial charge < -0.3 is 5.11 Å². The van der Waals surface area contributed by atoms with Crippen LogP contribution < -0.4 is 5.01 Å². The average Bonchev–Trinajstić information content (AvgIpc) is 3.11. The van der Waals surface area contributed by atoms with E-state index in [2.05, 4.69) is 0 Å². The summed E-state index contributed by atoms with van der Waals surface area (Å²) in [5.41, 5.74) is 1.79. The van der Waals surface area contributed by atoms with E-state index >= 15 is 0 Å². The van der Waals surface area contributed by atoms with Gasteiger partial charge in [-0.2, -0.15) is 0 Å². The number of hydrogen-bond donors (Lipinski definition) is 1. The van der Waals surface area contributed by atoms with E-state index in [1.165, 1.54) is 0 Å². The molecule has 1 aliphatic heterocycles. The van der Waals surface area contributed by atoms with Crippen LogP contribution in [0.1, 0.15) is 31.2 Å². The largest absolute Gasteiger partial charge is 0.481 e. The zero-order valence-electron chi connectivity index (χ0n) is 11.5. The van der Waals surface area contributed by atoms with Crippen molar-refractivity contribution in [2.75, 3.05) is 18.6 Å². The summed E-state index contributed by atoms with van der Waals surface area (Å²) in [5.74, 6) is -0.661. The summed E-state index contributed by atoms with van der Waals surface area (Å²) < 4.78 is 0. The van der Waals surface area contributed by atoms with Crippen molar-refractivity contribution in [1.82, 2.24) is 5.01 Å². The molecule has 0 atom stereocenters.